The minimum Gasteiger partial charge on any atom is -0.497 e. The van der Waals surface area contributed by atoms with Gasteiger partial charge in [-0.1, -0.05) is 12.1 Å². The maximum atomic E-state index is 12.6. The summed E-state index contributed by atoms with van der Waals surface area (Å²) in [5.74, 6) is 0.850. The van der Waals surface area contributed by atoms with Crippen molar-refractivity contribution < 1.29 is 14.3 Å². The van der Waals surface area contributed by atoms with Crippen molar-refractivity contribution in [1.29, 1.82) is 0 Å². The third kappa shape index (κ3) is 4.82. The van der Waals surface area contributed by atoms with Gasteiger partial charge >= 0.3 is 0 Å². The number of hydrogen-bond donors (Lipinski definition) is 0. The van der Waals surface area contributed by atoms with Crippen molar-refractivity contribution in [3.8, 4) is 5.75 Å². The summed E-state index contributed by atoms with van der Waals surface area (Å²) in [6.45, 7) is 2.05. The van der Waals surface area contributed by atoms with Crippen molar-refractivity contribution in [2.24, 2.45) is 0 Å². The number of amides is 1. The van der Waals surface area contributed by atoms with Crippen molar-refractivity contribution in [2.75, 3.05) is 20.3 Å². The molecule has 0 aliphatic carbocycles. The van der Waals surface area contributed by atoms with Crippen LogP contribution in [0, 0.1) is 0 Å². The van der Waals surface area contributed by atoms with Crippen LogP contribution in [0.15, 0.2) is 42.7 Å². The van der Waals surface area contributed by atoms with E-state index in [-0.39, 0.29) is 18.6 Å². The van der Waals surface area contributed by atoms with E-state index in [0.29, 0.717) is 6.61 Å². The molecule has 0 spiro atoms. The Bertz CT molecular complexity index is 672. The summed E-state index contributed by atoms with van der Waals surface area (Å²) < 4.78 is 12.7. The molecule has 0 radical (unpaired) electrons. The number of likely N-dealkylation sites (tertiary alicyclic amines) is 1. The molecular weight excluding hydrogens is 318 g/mol. The van der Waals surface area contributed by atoms with Crippen LogP contribution in [0.2, 0.25) is 0 Å². The molecule has 134 valence electrons. The number of piperidine rings is 1. The van der Waals surface area contributed by atoms with Crippen molar-refractivity contribution in [2.45, 2.75) is 38.5 Å². The molecule has 6 nitrogen and oxygen atoms in total. The Balaban J connectivity index is 1.51. The Morgan fingerprint density at radius 1 is 1.32 bits per heavy atom. The number of benzene rings is 1. The highest BCUT2D eigenvalue weighted by Gasteiger charge is 2.27. The Morgan fingerprint density at radius 3 is 3.04 bits per heavy atom. The number of rotatable bonds is 7. The average Bonchev–Trinajstić information content (AvgIpc) is 3.15. The molecule has 2 heterocycles. The molecule has 1 aromatic heterocycles. The van der Waals surface area contributed by atoms with Crippen LogP contribution in [0.25, 0.3) is 0 Å². The maximum absolute atomic E-state index is 12.6. The predicted molar refractivity (Wildman–Crippen MR) is 94.2 cm³/mol. The molecule has 25 heavy (non-hydrogen) atoms. The first-order chi connectivity index (χ1) is 12.3. The largest absolute Gasteiger partial charge is 0.497 e. The van der Waals surface area contributed by atoms with Crippen molar-refractivity contribution in [3.05, 3.63) is 48.3 Å². The lowest BCUT2D eigenvalue weighted by molar-refractivity contribution is -0.140. The average molecular weight is 343 g/mol. The summed E-state index contributed by atoms with van der Waals surface area (Å²) >= 11 is 0. The lowest BCUT2D eigenvalue weighted by Crippen LogP contribution is -2.47. The zero-order valence-corrected chi connectivity index (χ0v) is 14.6. The molecule has 3 rings (SSSR count). The van der Waals surface area contributed by atoms with Crippen LogP contribution < -0.4 is 4.74 Å². The molecule has 0 unspecified atom stereocenters. The van der Waals surface area contributed by atoms with Gasteiger partial charge in [0.05, 0.1) is 26.3 Å². The first-order valence-corrected chi connectivity index (χ1v) is 8.74. The summed E-state index contributed by atoms with van der Waals surface area (Å²) in [6.07, 6.45) is 6.93. The summed E-state index contributed by atoms with van der Waals surface area (Å²) in [4.78, 5) is 14.6. The molecule has 0 bridgehead atoms. The van der Waals surface area contributed by atoms with Gasteiger partial charge in [-0.2, -0.15) is 5.10 Å². The highest BCUT2D eigenvalue weighted by molar-refractivity contribution is 5.77. The lowest BCUT2D eigenvalue weighted by atomic mass is 10.0. The van der Waals surface area contributed by atoms with Crippen LogP contribution >= 0.6 is 0 Å². The molecule has 2 aromatic rings. The van der Waals surface area contributed by atoms with Crippen LogP contribution in [-0.4, -0.2) is 46.9 Å². The Kier molecular flexibility index (Phi) is 6.06. The molecule has 1 atom stereocenters. The molecule has 0 saturated carbocycles. The highest BCUT2D eigenvalue weighted by atomic mass is 16.5. The van der Waals surface area contributed by atoms with E-state index in [9.17, 15) is 4.79 Å². The SMILES string of the molecule is COc1cccc(COCC(=O)N2CCCC[C@H]2Cn2cccn2)c1. The van der Waals surface area contributed by atoms with E-state index in [1.54, 1.807) is 13.3 Å². The fourth-order valence-electron chi connectivity index (χ4n) is 3.24. The molecule has 6 heteroatoms. The molecule has 1 saturated heterocycles. The number of hydrogen-bond acceptors (Lipinski definition) is 4. The monoisotopic (exact) mass is 343 g/mol. The van der Waals surface area contributed by atoms with Crippen LogP contribution in [0.3, 0.4) is 0 Å². The normalized spacial score (nSPS) is 17.5. The predicted octanol–water partition coefficient (Wildman–Crippen LogP) is 2.49. The summed E-state index contributed by atoms with van der Waals surface area (Å²) in [5.41, 5.74) is 0.999. The second-order valence-electron chi connectivity index (χ2n) is 6.31. The molecule has 0 N–H and O–H groups in total. The molecule has 1 aliphatic rings. The number of carbonyl (C=O) groups excluding carboxylic acids is 1. The molecule has 1 aliphatic heterocycles. The standard InChI is InChI=1S/C19H25N3O3/c1-24-18-8-4-6-16(12-18)14-25-15-19(23)22-11-3-2-7-17(22)13-21-10-5-9-20-21/h4-6,8-10,12,17H,2-3,7,11,13-15H2,1H3/t17-/m0/s1. The molecule has 1 aromatic carbocycles. The van der Waals surface area contributed by atoms with Crippen molar-refractivity contribution in [3.63, 3.8) is 0 Å². The summed E-state index contributed by atoms with van der Waals surface area (Å²) in [5, 5.41) is 4.26. The topological polar surface area (TPSA) is 56.6 Å². The van der Waals surface area contributed by atoms with Crippen molar-refractivity contribution in [1.82, 2.24) is 14.7 Å². The van der Waals surface area contributed by atoms with Gasteiger partial charge < -0.3 is 14.4 Å². The Hall–Kier alpha value is -2.34. The second-order valence-corrected chi connectivity index (χ2v) is 6.31. The third-order valence-corrected chi connectivity index (χ3v) is 4.53. The number of ether oxygens (including phenoxy) is 2. The van der Waals surface area contributed by atoms with Crippen LogP contribution in [0.1, 0.15) is 24.8 Å². The number of aromatic nitrogens is 2. The smallest absolute Gasteiger partial charge is 0.248 e. The number of nitrogens with zero attached hydrogens (tertiary/aromatic N) is 3. The fourth-order valence-corrected chi connectivity index (χ4v) is 3.24. The van der Waals surface area contributed by atoms with Gasteiger partial charge in [0.15, 0.2) is 0 Å². The molecule has 1 amide bonds. The Labute approximate surface area is 148 Å². The van der Waals surface area contributed by atoms with Gasteiger partial charge in [0, 0.05) is 18.9 Å². The van der Waals surface area contributed by atoms with E-state index in [1.807, 2.05) is 46.1 Å². The van der Waals surface area contributed by atoms with E-state index in [1.165, 1.54) is 0 Å². The zero-order chi connectivity index (χ0) is 17.5. The van der Waals surface area contributed by atoms with E-state index < -0.39 is 0 Å². The lowest BCUT2D eigenvalue weighted by Gasteiger charge is -2.35. The minimum absolute atomic E-state index is 0.0553. The van der Waals surface area contributed by atoms with Crippen LogP contribution in [-0.2, 0) is 22.7 Å². The van der Waals surface area contributed by atoms with E-state index in [4.69, 9.17) is 9.47 Å². The highest BCUT2D eigenvalue weighted by Crippen LogP contribution is 2.19. The first kappa shape index (κ1) is 17.5. The quantitative estimate of drug-likeness (QED) is 0.775. The van der Waals surface area contributed by atoms with E-state index in [2.05, 4.69) is 5.10 Å². The van der Waals surface area contributed by atoms with Crippen molar-refractivity contribution >= 4 is 5.91 Å². The summed E-state index contributed by atoms with van der Waals surface area (Å²) in [7, 11) is 1.64. The van der Waals surface area contributed by atoms with Gasteiger partial charge in [-0.05, 0) is 43.0 Å². The van der Waals surface area contributed by atoms with Gasteiger partial charge in [-0.25, -0.2) is 0 Å². The van der Waals surface area contributed by atoms with E-state index >= 15 is 0 Å². The second kappa shape index (κ2) is 8.67. The van der Waals surface area contributed by atoms with Gasteiger partial charge in [0.1, 0.15) is 12.4 Å². The minimum atomic E-state index is 0.0553. The molecular formula is C19H25N3O3. The fraction of sp³-hybridized carbons (Fsp3) is 0.474. The van der Waals surface area contributed by atoms with Gasteiger partial charge in [-0.15, -0.1) is 0 Å². The van der Waals surface area contributed by atoms with Gasteiger partial charge in [0.25, 0.3) is 0 Å². The van der Waals surface area contributed by atoms with Gasteiger partial charge in [0.2, 0.25) is 5.91 Å². The van der Waals surface area contributed by atoms with E-state index in [0.717, 1.165) is 43.7 Å². The Morgan fingerprint density at radius 2 is 2.24 bits per heavy atom. The van der Waals surface area contributed by atoms with Crippen LogP contribution in [0.5, 0.6) is 5.75 Å². The maximum Gasteiger partial charge on any atom is 0.248 e. The zero-order valence-electron chi connectivity index (χ0n) is 14.6. The third-order valence-electron chi connectivity index (χ3n) is 4.53. The van der Waals surface area contributed by atoms with Crippen LogP contribution in [0.4, 0.5) is 0 Å². The van der Waals surface area contributed by atoms with Gasteiger partial charge in [-0.3, -0.25) is 9.48 Å². The number of methoxy groups -OCH3 is 1. The summed E-state index contributed by atoms with van der Waals surface area (Å²) in [6, 6.07) is 9.81. The molecule has 1 fully saturated rings. The number of carbonyl (C=O) groups is 1. The first-order valence-electron chi connectivity index (χ1n) is 8.74.